The molecule has 0 aromatic heterocycles. The molecule has 1 atom stereocenters. The highest BCUT2D eigenvalue weighted by Gasteiger charge is 2.25. The van der Waals surface area contributed by atoms with E-state index in [2.05, 4.69) is 10.6 Å². The average Bonchev–Trinajstić information content (AvgIpc) is 2.81. The molecule has 5 N–H and O–H groups in total. The molecule has 2 aromatic carbocycles. The number of sulfonamides is 1. The van der Waals surface area contributed by atoms with E-state index in [0.717, 1.165) is 0 Å². The molecule has 12 heteroatoms. The number of carbonyl (C=O) groups excluding carboxylic acids is 2. The van der Waals surface area contributed by atoms with E-state index in [-0.39, 0.29) is 17.9 Å². The molecule has 0 aliphatic rings. The molecule has 2 aromatic rings. The molecule has 11 nitrogen and oxygen atoms in total. The summed E-state index contributed by atoms with van der Waals surface area (Å²) in [4.78, 5) is 37.2. The molecule has 0 saturated carbocycles. The Hall–Kier alpha value is -3.77. The molecule has 0 aliphatic heterocycles. The summed E-state index contributed by atoms with van der Waals surface area (Å²) in [5, 5.41) is 22.2. The van der Waals surface area contributed by atoms with Crippen molar-refractivity contribution in [2.45, 2.75) is 17.4 Å². The van der Waals surface area contributed by atoms with Gasteiger partial charge in [0.2, 0.25) is 15.9 Å². The minimum atomic E-state index is -4.08. The summed E-state index contributed by atoms with van der Waals surface area (Å²) in [5.41, 5.74) is 1.01. The van der Waals surface area contributed by atoms with Gasteiger partial charge in [0.05, 0.1) is 4.90 Å². The van der Waals surface area contributed by atoms with Gasteiger partial charge in [0.1, 0.15) is 11.9 Å². The Bertz CT molecular complexity index is 1130. The van der Waals surface area contributed by atoms with E-state index in [1.165, 1.54) is 24.3 Å². The van der Waals surface area contributed by atoms with Gasteiger partial charge in [-0.2, -0.15) is 4.72 Å². The number of nitrogens with one attached hydrogen (secondary N) is 4. The minimum absolute atomic E-state index is 0.00653. The van der Waals surface area contributed by atoms with Crippen molar-refractivity contribution in [3.63, 3.8) is 0 Å². The lowest BCUT2D eigenvalue weighted by Crippen LogP contribution is -2.48. The van der Waals surface area contributed by atoms with Gasteiger partial charge in [-0.25, -0.2) is 8.42 Å². The molecule has 0 bridgehead atoms. The van der Waals surface area contributed by atoms with Gasteiger partial charge in [-0.05, 0) is 24.3 Å². The lowest BCUT2D eigenvalue weighted by molar-refractivity contribution is -0.138. The van der Waals surface area contributed by atoms with E-state index in [0.29, 0.717) is 17.0 Å². The summed E-state index contributed by atoms with van der Waals surface area (Å²) in [7, 11) is -0.598. The van der Waals surface area contributed by atoms with Crippen molar-refractivity contribution in [1.29, 1.82) is 5.41 Å². The fourth-order valence-corrected chi connectivity index (χ4v) is 3.98. The standard InChI is InChI=1S/C22H27N5O6S/c1-27(2)20(23)15-8-10-16(11-9-15)21(29)24-13-12-19(28)25-14-18(22(30)31)26-34(32,33)17-6-4-3-5-7-17/h3-11,18,23,26H,12-14H2,1-2H3,(H,24,29)(H,25,28)(H,30,31)/t18-/m0/s1. The normalized spacial score (nSPS) is 11.8. The second kappa shape index (κ2) is 11.9. The third kappa shape index (κ3) is 7.67. The summed E-state index contributed by atoms with van der Waals surface area (Å²) >= 11 is 0. The van der Waals surface area contributed by atoms with Gasteiger partial charge in [-0.15, -0.1) is 0 Å². The van der Waals surface area contributed by atoms with Gasteiger partial charge < -0.3 is 20.6 Å². The van der Waals surface area contributed by atoms with Crippen LogP contribution in [0, 0.1) is 5.41 Å². The van der Waals surface area contributed by atoms with Crippen molar-refractivity contribution in [3.05, 3.63) is 65.7 Å². The number of carboxylic acids is 1. The van der Waals surface area contributed by atoms with Crippen LogP contribution in [-0.4, -0.2) is 75.3 Å². The lowest BCUT2D eigenvalue weighted by Gasteiger charge is -2.16. The maximum atomic E-state index is 12.3. The van der Waals surface area contributed by atoms with Crippen molar-refractivity contribution >= 4 is 33.6 Å². The van der Waals surface area contributed by atoms with Crippen LogP contribution in [0.1, 0.15) is 22.3 Å². The first-order valence-electron chi connectivity index (χ1n) is 10.2. The molecule has 34 heavy (non-hydrogen) atoms. The number of aliphatic carboxylic acids is 1. The monoisotopic (exact) mass is 489 g/mol. The van der Waals surface area contributed by atoms with E-state index in [9.17, 15) is 27.9 Å². The van der Waals surface area contributed by atoms with Crippen LogP contribution in [0.15, 0.2) is 59.5 Å². The van der Waals surface area contributed by atoms with E-state index in [1.54, 1.807) is 49.3 Å². The fourth-order valence-electron chi connectivity index (χ4n) is 2.77. The van der Waals surface area contributed by atoms with Crippen molar-refractivity contribution in [1.82, 2.24) is 20.3 Å². The predicted molar refractivity (Wildman–Crippen MR) is 125 cm³/mol. The maximum Gasteiger partial charge on any atom is 0.323 e. The van der Waals surface area contributed by atoms with Crippen LogP contribution in [0.5, 0.6) is 0 Å². The van der Waals surface area contributed by atoms with Gasteiger partial charge in [0, 0.05) is 44.7 Å². The number of rotatable bonds is 11. The van der Waals surface area contributed by atoms with Crippen LogP contribution < -0.4 is 15.4 Å². The molecule has 0 spiro atoms. The van der Waals surface area contributed by atoms with Crippen molar-refractivity contribution in [2.24, 2.45) is 0 Å². The zero-order chi connectivity index (χ0) is 25.3. The summed E-state index contributed by atoms with van der Waals surface area (Å²) in [6, 6.07) is 12.1. The Labute approximate surface area is 197 Å². The van der Waals surface area contributed by atoms with Gasteiger partial charge in [-0.3, -0.25) is 19.8 Å². The van der Waals surface area contributed by atoms with Crippen LogP contribution in [0.4, 0.5) is 0 Å². The summed E-state index contributed by atoms with van der Waals surface area (Å²) in [5.74, 6) is -2.11. The Kier molecular flexibility index (Phi) is 9.27. The van der Waals surface area contributed by atoms with Crippen LogP contribution in [-0.2, 0) is 19.6 Å². The van der Waals surface area contributed by atoms with Crippen LogP contribution in [0.3, 0.4) is 0 Å². The number of carbonyl (C=O) groups is 3. The molecule has 2 rings (SSSR count). The highest BCUT2D eigenvalue weighted by molar-refractivity contribution is 7.89. The smallest absolute Gasteiger partial charge is 0.323 e. The van der Waals surface area contributed by atoms with E-state index in [4.69, 9.17) is 5.41 Å². The molecule has 0 aliphatic carbocycles. The Balaban J connectivity index is 1.82. The first-order chi connectivity index (χ1) is 16.0. The second-order valence-corrected chi connectivity index (χ2v) is 9.17. The molecule has 0 heterocycles. The molecule has 0 fully saturated rings. The highest BCUT2D eigenvalue weighted by Crippen LogP contribution is 2.08. The van der Waals surface area contributed by atoms with Crippen LogP contribution >= 0.6 is 0 Å². The molecule has 0 saturated heterocycles. The predicted octanol–water partition coefficient (Wildman–Crippen LogP) is 0.241. The molecule has 0 radical (unpaired) electrons. The minimum Gasteiger partial charge on any atom is -0.480 e. The average molecular weight is 490 g/mol. The quantitative estimate of drug-likeness (QED) is 0.222. The molecule has 2 amide bonds. The van der Waals surface area contributed by atoms with Gasteiger partial charge in [-0.1, -0.05) is 30.3 Å². The lowest BCUT2D eigenvalue weighted by atomic mass is 10.1. The van der Waals surface area contributed by atoms with Crippen LogP contribution in [0.25, 0.3) is 0 Å². The molecule has 0 unspecified atom stereocenters. The van der Waals surface area contributed by atoms with Crippen molar-refractivity contribution in [3.8, 4) is 0 Å². The third-order valence-corrected chi connectivity index (χ3v) is 6.15. The number of hydrogen-bond donors (Lipinski definition) is 5. The van der Waals surface area contributed by atoms with Gasteiger partial charge in [0.25, 0.3) is 5.91 Å². The number of amidine groups is 1. The Morgan fingerprint density at radius 1 is 0.971 bits per heavy atom. The zero-order valence-electron chi connectivity index (χ0n) is 18.7. The van der Waals surface area contributed by atoms with E-state index < -0.39 is 40.4 Å². The SMILES string of the molecule is CN(C)C(=N)c1ccc(C(=O)NCCC(=O)NC[C@H](NS(=O)(=O)c2ccccc2)C(=O)O)cc1. The topological polar surface area (TPSA) is 169 Å². The molecular formula is C22H27N5O6S. The van der Waals surface area contributed by atoms with Gasteiger partial charge in [0.15, 0.2) is 0 Å². The fraction of sp³-hybridized carbons (Fsp3) is 0.273. The van der Waals surface area contributed by atoms with Gasteiger partial charge >= 0.3 is 5.97 Å². The zero-order valence-corrected chi connectivity index (χ0v) is 19.6. The Morgan fingerprint density at radius 3 is 2.12 bits per heavy atom. The maximum absolute atomic E-state index is 12.3. The first kappa shape index (κ1) is 26.5. The molecular weight excluding hydrogens is 462 g/mol. The number of nitrogens with zero attached hydrogens (tertiary/aromatic N) is 1. The summed E-state index contributed by atoms with van der Waals surface area (Å²) in [6.07, 6.45) is -0.132. The highest BCUT2D eigenvalue weighted by atomic mass is 32.2. The summed E-state index contributed by atoms with van der Waals surface area (Å²) in [6.45, 7) is -0.471. The largest absolute Gasteiger partial charge is 0.480 e. The summed E-state index contributed by atoms with van der Waals surface area (Å²) < 4.78 is 26.7. The van der Waals surface area contributed by atoms with E-state index in [1.807, 2.05) is 4.72 Å². The number of hydrogen-bond acceptors (Lipinski definition) is 6. The number of carboxylic acid groups (broad SMARTS) is 1. The van der Waals surface area contributed by atoms with Crippen LogP contribution in [0.2, 0.25) is 0 Å². The third-order valence-electron chi connectivity index (χ3n) is 4.66. The molecule has 182 valence electrons. The second-order valence-electron chi connectivity index (χ2n) is 7.46. The van der Waals surface area contributed by atoms with E-state index >= 15 is 0 Å². The van der Waals surface area contributed by atoms with Crippen molar-refractivity contribution in [2.75, 3.05) is 27.2 Å². The van der Waals surface area contributed by atoms with Crippen molar-refractivity contribution < 1.29 is 27.9 Å². The number of benzene rings is 2. The first-order valence-corrected chi connectivity index (χ1v) is 11.7. The number of amides is 2. The Morgan fingerprint density at radius 2 is 1.56 bits per heavy atom.